The third kappa shape index (κ3) is 7.51. The lowest BCUT2D eigenvalue weighted by molar-refractivity contribution is -0.144. The molecule has 118 valence electrons. The van der Waals surface area contributed by atoms with E-state index in [9.17, 15) is 4.79 Å². The fourth-order valence-electron chi connectivity index (χ4n) is 2.22. The molecule has 0 spiro atoms. The van der Waals surface area contributed by atoms with Crippen LogP contribution in [-0.2, 0) is 9.53 Å². The molecule has 0 aliphatic rings. The van der Waals surface area contributed by atoms with Gasteiger partial charge in [-0.2, -0.15) is 0 Å². The second kappa shape index (κ2) is 10.7. The van der Waals surface area contributed by atoms with E-state index in [0.29, 0.717) is 6.61 Å². The lowest BCUT2D eigenvalue weighted by atomic mass is 10.1. The zero-order valence-electron chi connectivity index (χ0n) is 13.0. The van der Waals surface area contributed by atoms with E-state index in [2.05, 4.69) is 28.2 Å². The molecule has 21 heavy (non-hydrogen) atoms. The summed E-state index contributed by atoms with van der Waals surface area (Å²) in [5.41, 5.74) is 0.941. The summed E-state index contributed by atoms with van der Waals surface area (Å²) < 4.78 is 6.17. The second-order valence-corrected chi connectivity index (χ2v) is 6.08. The molecular formula is C17H26BrNO2. The minimum absolute atomic E-state index is 0.159. The number of hydrogen-bond acceptors (Lipinski definition) is 3. The van der Waals surface area contributed by atoms with Crippen molar-refractivity contribution in [2.75, 3.05) is 11.9 Å². The summed E-state index contributed by atoms with van der Waals surface area (Å²) in [4.78, 5) is 12.1. The number of esters is 1. The standard InChI is InChI=1S/C17H26BrNO2/c1-3-5-6-7-8-12-16(17(20)21-4-2)19-15-11-9-10-14(18)13-15/h9-11,13,16,19H,3-8,12H2,1-2H3. The minimum atomic E-state index is -0.263. The monoisotopic (exact) mass is 355 g/mol. The molecule has 1 aromatic carbocycles. The number of ether oxygens (including phenoxy) is 1. The van der Waals surface area contributed by atoms with Gasteiger partial charge < -0.3 is 10.1 Å². The number of unbranched alkanes of at least 4 members (excludes halogenated alkanes) is 4. The van der Waals surface area contributed by atoms with Crippen LogP contribution in [0, 0.1) is 0 Å². The second-order valence-electron chi connectivity index (χ2n) is 5.16. The number of nitrogens with one attached hydrogen (secondary N) is 1. The predicted octanol–water partition coefficient (Wildman–Crippen LogP) is 5.15. The van der Waals surface area contributed by atoms with Crippen LogP contribution in [0.25, 0.3) is 0 Å². The van der Waals surface area contributed by atoms with Gasteiger partial charge in [0.2, 0.25) is 0 Å². The highest BCUT2D eigenvalue weighted by Gasteiger charge is 2.19. The summed E-state index contributed by atoms with van der Waals surface area (Å²) in [6.45, 7) is 4.47. The van der Waals surface area contributed by atoms with E-state index in [0.717, 1.165) is 23.0 Å². The SMILES string of the molecule is CCCCCCCC(Nc1cccc(Br)c1)C(=O)OCC. The van der Waals surface area contributed by atoms with Gasteiger partial charge in [-0.15, -0.1) is 0 Å². The van der Waals surface area contributed by atoms with Crippen LogP contribution in [0.15, 0.2) is 28.7 Å². The molecule has 0 saturated carbocycles. The molecule has 4 heteroatoms. The molecule has 1 rings (SSSR count). The van der Waals surface area contributed by atoms with Gasteiger partial charge in [-0.3, -0.25) is 0 Å². The summed E-state index contributed by atoms with van der Waals surface area (Å²) in [6.07, 6.45) is 6.77. The Kier molecular flexibility index (Phi) is 9.15. The van der Waals surface area contributed by atoms with Crippen molar-refractivity contribution >= 4 is 27.6 Å². The molecule has 0 aliphatic carbocycles. The summed E-state index contributed by atoms with van der Waals surface area (Å²) in [5.74, 6) is -0.159. The summed E-state index contributed by atoms with van der Waals surface area (Å²) in [5, 5.41) is 3.29. The fourth-order valence-corrected chi connectivity index (χ4v) is 2.62. The lowest BCUT2D eigenvalue weighted by Gasteiger charge is -2.18. The van der Waals surface area contributed by atoms with E-state index in [-0.39, 0.29) is 12.0 Å². The highest BCUT2D eigenvalue weighted by Crippen LogP contribution is 2.18. The number of anilines is 1. The topological polar surface area (TPSA) is 38.3 Å². The average Bonchev–Trinajstić information content (AvgIpc) is 2.46. The minimum Gasteiger partial charge on any atom is -0.464 e. The molecule has 3 nitrogen and oxygen atoms in total. The molecule has 0 heterocycles. The quantitative estimate of drug-likeness (QED) is 0.465. The van der Waals surface area contributed by atoms with E-state index in [1.54, 1.807) is 0 Å². The van der Waals surface area contributed by atoms with E-state index in [4.69, 9.17) is 4.74 Å². The first-order chi connectivity index (χ1) is 10.2. The van der Waals surface area contributed by atoms with Gasteiger partial charge >= 0.3 is 5.97 Å². The molecule has 0 aliphatic heterocycles. The van der Waals surface area contributed by atoms with E-state index in [1.807, 2.05) is 31.2 Å². The average molecular weight is 356 g/mol. The van der Waals surface area contributed by atoms with Crippen LogP contribution in [-0.4, -0.2) is 18.6 Å². The van der Waals surface area contributed by atoms with Crippen LogP contribution in [0.1, 0.15) is 52.4 Å². The molecule has 0 radical (unpaired) electrons. The maximum Gasteiger partial charge on any atom is 0.328 e. The largest absolute Gasteiger partial charge is 0.464 e. The first-order valence-electron chi connectivity index (χ1n) is 7.86. The Hall–Kier alpha value is -1.03. The number of carbonyl (C=O) groups excluding carboxylic acids is 1. The van der Waals surface area contributed by atoms with E-state index in [1.165, 1.54) is 25.7 Å². The normalized spacial score (nSPS) is 12.0. The van der Waals surface area contributed by atoms with Gasteiger partial charge in [0, 0.05) is 10.2 Å². The van der Waals surface area contributed by atoms with Gasteiger partial charge in [0.15, 0.2) is 0 Å². The Bertz CT molecular complexity index is 423. The van der Waals surface area contributed by atoms with E-state index < -0.39 is 0 Å². The van der Waals surface area contributed by atoms with Gasteiger partial charge in [-0.1, -0.05) is 61.0 Å². The van der Waals surface area contributed by atoms with Crippen LogP contribution >= 0.6 is 15.9 Å². The van der Waals surface area contributed by atoms with Crippen LogP contribution in [0.4, 0.5) is 5.69 Å². The highest BCUT2D eigenvalue weighted by molar-refractivity contribution is 9.10. The molecule has 1 unspecified atom stereocenters. The van der Waals surface area contributed by atoms with Gasteiger partial charge in [0.1, 0.15) is 6.04 Å². The zero-order valence-corrected chi connectivity index (χ0v) is 14.6. The summed E-state index contributed by atoms with van der Waals surface area (Å²) >= 11 is 3.44. The Morgan fingerprint density at radius 1 is 1.24 bits per heavy atom. The maximum atomic E-state index is 12.1. The van der Waals surface area contributed by atoms with Crippen molar-refractivity contribution in [1.29, 1.82) is 0 Å². The first kappa shape index (κ1) is 18.0. The molecule has 0 bridgehead atoms. The Labute approximate surface area is 136 Å². The predicted molar refractivity (Wildman–Crippen MR) is 91.6 cm³/mol. The molecule has 1 atom stereocenters. The Balaban J connectivity index is 2.53. The van der Waals surface area contributed by atoms with Crippen molar-refractivity contribution in [3.05, 3.63) is 28.7 Å². The van der Waals surface area contributed by atoms with Crippen molar-refractivity contribution in [2.45, 2.75) is 58.4 Å². The number of carbonyl (C=O) groups is 1. The Morgan fingerprint density at radius 2 is 2.00 bits per heavy atom. The molecule has 1 aromatic rings. The van der Waals surface area contributed by atoms with Crippen LogP contribution < -0.4 is 5.32 Å². The third-order valence-electron chi connectivity index (χ3n) is 3.33. The van der Waals surface area contributed by atoms with Gasteiger partial charge in [0.25, 0.3) is 0 Å². The maximum absolute atomic E-state index is 12.1. The molecule has 1 N–H and O–H groups in total. The number of hydrogen-bond donors (Lipinski definition) is 1. The Morgan fingerprint density at radius 3 is 2.67 bits per heavy atom. The number of rotatable bonds is 10. The highest BCUT2D eigenvalue weighted by atomic mass is 79.9. The molecule has 0 aromatic heterocycles. The zero-order chi connectivity index (χ0) is 15.5. The molecule has 0 fully saturated rings. The molecule has 0 saturated heterocycles. The van der Waals surface area contributed by atoms with Crippen molar-refractivity contribution in [1.82, 2.24) is 0 Å². The van der Waals surface area contributed by atoms with Crippen LogP contribution in [0.2, 0.25) is 0 Å². The van der Waals surface area contributed by atoms with Gasteiger partial charge in [0.05, 0.1) is 6.61 Å². The number of halogens is 1. The smallest absolute Gasteiger partial charge is 0.328 e. The fraction of sp³-hybridized carbons (Fsp3) is 0.588. The van der Waals surface area contributed by atoms with Gasteiger partial charge in [-0.05, 0) is 31.5 Å². The summed E-state index contributed by atoms with van der Waals surface area (Å²) in [6, 6.07) is 7.60. The molecular weight excluding hydrogens is 330 g/mol. The molecule has 0 amide bonds. The third-order valence-corrected chi connectivity index (χ3v) is 3.83. The van der Waals surface area contributed by atoms with Crippen molar-refractivity contribution in [3.63, 3.8) is 0 Å². The van der Waals surface area contributed by atoms with Crippen molar-refractivity contribution in [3.8, 4) is 0 Å². The van der Waals surface area contributed by atoms with Crippen LogP contribution in [0.3, 0.4) is 0 Å². The van der Waals surface area contributed by atoms with Gasteiger partial charge in [-0.25, -0.2) is 4.79 Å². The number of benzene rings is 1. The van der Waals surface area contributed by atoms with E-state index >= 15 is 0 Å². The first-order valence-corrected chi connectivity index (χ1v) is 8.65. The van der Waals surface area contributed by atoms with Crippen molar-refractivity contribution < 1.29 is 9.53 Å². The van der Waals surface area contributed by atoms with Crippen LogP contribution in [0.5, 0.6) is 0 Å². The van der Waals surface area contributed by atoms with Crippen molar-refractivity contribution in [2.24, 2.45) is 0 Å². The summed E-state index contributed by atoms with van der Waals surface area (Å²) in [7, 11) is 0. The lowest BCUT2D eigenvalue weighted by Crippen LogP contribution is -2.31.